The molecule has 0 saturated heterocycles. The summed E-state index contributed by atoms with van der Waals surface area (Å²) >= 11 is 0. The molecule has 3 nitrogen and oxygen atoms in total. The molecule has 0 amide bonds. The summed E-state index contributed by atoms with van der Waals surface area (Å²) in [4.78, 5) is 2.35. The van der Waals surface area contributed by atoms with Crippen LogP contribution in [0.4, 0.5) is 11.4 Å². The summed E-state index contributed by atoms with van der Waals surface area (Å²) in [7, 11) is 0. The summed E-state index contributed by atoms with van der Waals surface area (Å²) in [5.74, 6) is 0.906. The van der Waals surface area contributed by atoms with Crippen molar-refractivity contribution in [2.45, 2.75) is 13.8 Å². The zero-order valence-electron chi connectivity index (χ0n) is 12.9. The van der Waals surface area contributed by atoms with Crippen molar-refractivity contribution in [3.05, 3.63) is 54.6 Å². The second-order valence-electron chi connectivity index (χ2n) is 4.89. The number of nitrogens with one attached hydrogen (secondary N) is 1. The van der Waals surface area contributed by atoms with Crippen LogP contribution in [-0.2, 0) is 0 Å². The molecular formula is C18H24N2O. The molecule has 0 spiro atoms. The first-order chi connectivity index (χ1) is 10.3. The maximum absolute atomic E-state index is 5.84. The number of rotatable bonds is 8. The number of hydrogen-bond acceptors (Lipinski definition) is 3. The van der Waals surface area contributed by atoms with E-state index < -0.39 is 0 Å². The first-order valence-corrected chi connectivity index (χ1v) is 7.59. The first-order valence-electron chi connectivity index (χ1n) is 7.59. The van der Waals surface area contributed by atoms with Gasteiger partial charge in [-0.25, -0.2) is 0 Å². The van der Waals surface area contributed by atoms with Gasteiger partial charge in [0.25, 0.3) is 0 Å². The van der Waals surface area contributed by atoms with E-state index in [1.54, 1.807) is 0 Å². The molecule has 0 saturated carbocycles. The van der Waals surface area contributed by atoms with Gasteiger partial charge in [0.05, 0.1) is 0 Å². The molecule has 3 heteroatoms. The molecule has 112 valence electrons. The molecule has 21 heavy (non-hydrogen) atoms. The minimum absolute atomic E-state index is 0.719. The third-order valence-electron chi connectivity index (χ3n) is 3.47. The Kier molecular flexibility index (Phi) is 6.10. The van der Waals surface area contributed by atoms with Crippen LogP contribution in [0.1, 0.15) is 13.8 Å². The van der Waals surface area contributed by atoms with Crippen LogP contribution in [0.25, 0.3) is 0 Å². The highest BCUT2D eigenvalue weighted by Crippen LogP contribution is 2.21. The molecule has 0 aliphatic heterocycles. The molecule has 2 aromatic carbocycles. The van der Waals surface area contributed by atoms with Crippen molar-refractivity contribution in [3.63, 3.8) is 0 Å². The lowest BCUT2D eigenvalue weighted by Gasteiger charge is -2.18. The summed E-state index contributed by atoms with van der Waals surface area (Å²) in [5.41, 5.74) is 2.12. The van der Waals surface area contributed by atoms with Crippen LogP contribution < -0.4 is 10.1 Å². The topological polar surface area (TPSA) is 24.5 Å². The van der Waals surface area contributed by atoms with Gasteiger partial charge in [-0.2, -0.15) is 0 Å². The Morgan fingerprint density at radius 2 is 1.62 bits per heavy atom. The SMILES string of the molecule is CCN(CC)CCOc1cccc(Nc2ccccc2)c1. The smallest absolute Gasteiger partial charge is 0.121 e. The second kappa shape index (κ2) is 8.32. The van der Waals surface area contributed by atoms with Gasteiger partial charge in [0.1, 0.15) is 12.4 Å². The van der Waals surface area contributed by atoms with Gasteiger partial charge >= 0.3 is 0 Å². The minimum Gasteiger partial charge on any atom is -0.492 e. The van der Waals surface area contributed by atoms with Gasteiger partial charge in [-0.05, 0) is 37.4 Å². The summed E-state index contributed by atoms with van der Waals surface area (Å²) in [5, 5.41) is 3.38. The highest BCUT2D eigenvalue weighted by Gasteiger charge is 2.01. The van der Waals surface area contributed by atoms with Crippen molar-refractivity contribution in [1.29, 1.82) is 0 Å². The summed E-state index contributed by atoms with van der Waals surface area (Å²) < 4.78 is 5.84. The van der Waals surface area contributed by atoms with Gasteiger partial charge in [0.2, 0.25) is 0 Å². The molecule has 0 aromatic heterocycles. The minimum atomic E-state index is 0.719. The molecule has 0 heterocycles. The molecule has 0 aliphatic rings. The van der Waals surface area contributed by atoms with E-state index in [-0.39, 0.29) is 0 Å². The number of para-hydroxylation sites is 1. The van der Waals surface area contributed by atoms with Crippen LogP contribution in [0.3, 0.4) is 0 Å². The molecule has 0 fully saturated rings. The zero-order valence-corrected chi connectivity index (χ0v) is 12.9. The average molecular weight is 284 g/mol. The van der Waals surface area contributed by atoms with E-state index in [9.17, 15) is 0 Å². The number of benzene rings is 2. The molecular weight excluding hydrogens is 260 g/mol. The highest BCUT2D eigenvalue weighted by atomic mass is 16.5. The monoisotopic (exact) mass is 284 g/mol. The van der Waals surface area contributed by atoms with Crippen LogP contribution in [0, 0.1) is 0 Å². The lowest BCUT2D eigenvalue weighted by atomic mass is 10.2. The van der Waals surface area contributed by atoms with E-state index in [0.717, 1.165) is 43.4 Å². The van der Waals surface area contributed by atoms with Crippen LogP contribution in [-0.4, -0.2) is 31.1 Å². The van der Waals surface area contributed by atoms with Gasteiger partial charge in [0, 0.05) is 24.0 Å². The number of hydrogen-bond donors (Lipinski definition) is 1. The summed E-state index contributed by atoms with van der Waals surface area (Å²) in [6, 6.07) is 18.2. The van der Waals surface area contributed by atoms with Crippen molar-refractivity contribution in [3.8, 4) is 5.75 Å². The van der Waals surface area contributed by atoms with E-state index >= 15 is 0 Å². The normalized spacial score (nSPS) is 10.6. The van der Waals surface area contributed by atoms with E-state index in [1.165, 1.54) is 0 Å². The summed E-state index contributed by atoms with van der Waals surface area (Å²) in [6.45, 7) is 8.16. The fourth-order valence-electron chi connectivity index (χ4n) is 2.18. The Hall–Kier alpha value is -2.00. The molecule has 1 N–H and O–H groups in total. The van der Waals surface area contributed by atoms with Gasteiger partial charge in [-0.3, -0.25) is 0 Å². The van der Waals surface area contributed by atoms with Crippen molar-refractivity contribution in [1.82, 2.24) is 4.90 Å². The predicted molar refractivity (Wildman–Crippen MR) is 89.4 cm³/mol. The molecule has 2 rings (SSSR count). The van der Waals surface area contributed by atoms with Crippen molar-refractivity contribution in [2.24, 2.45) is 0 Å². The average Bonchev–Trinajstić information content (AvgIpc) is 2.53. The van der Waals surface area contributed by atoms with E-state index in [1.807, 2.05) is 54.6 Å². The van der Waals surface area contributed by atoms with Crippen LogP contribution in [0.2, 0.25) is 0 Å². The van der Waals surface area contributed by atoms with E-state index in [2.05, 4.69) is 24.1 Å². The molecule has 2 aromatic rings. The van der Waals surface area contributed by atoms with Gasteiger partial charge in [-0.15, -0.1) is 0 Å². The number of ether oxygens (including phenoxy) is 1. The van der Waals surface area contributed by atoms with Crippen LogP contribution >= 0.6 is 0 Å². The van der Waals surface area contributed by atoms with Crippen LogP contribution in [0.15, 0.2) is 54.6 Å². The zero-order chi connectivity index (χ0) is 14.9. The molecule has 0 radical (unpaired) electrons. The summed E-state index contributed by atoms with van der Waals surface area (Å²) in [6.07, 6.45) is 0. The lowest BCUT2D eigenvalue weighted by Crippen LogP contribution is -2.27. The first kappa shape index (κ1) is 15.4. The Morgan fingerprint density at radius 1 is 0.905 bits per heavy atom. The van der Waals surface area contributed by atoms with Gasteiger partial charge in [0.15, 0.2) is 0 Å². The predicted octanol–water partition coefficient (Wildman–Crippen LogP) is 4.15. The Bertz CT molecular complexity index is 524. The fraction of sp³-hybridized carbons (Fsp3) is 0.333. The Morgan fingerprint density at radius 3 is 2.33 bits per heavy atom. The molecule has 0 bridgehead atoms. The largest absolute Gasteiger partial charge is 0.492 e. The number of likely N-dealkylation sites (N-methyl/N-ethyl adjacent to an activating group) is 1. The van der Waals surface area contributed by atoms with Crippen molar-refractivity contribution < 1.29 is 4.74 Å². The Labute approximate surface area is 127 Å². The van der Waals surface area contributed by atoms with Gasteiger partial charge < -0.3 is 15.0 Å². The lowest BCUT2D eigenvalue weighted by molar-refractivity contribution is 0.223. The maximum atomic E-state index is 5.84. The number of anilines is 2. The van der Waals surface area contributed by atoms with Crippen molar-refractivity contribution in [2.75, 3.05) is 31.6 Å². The molecule has 0 aliphatic carbocycles. The molecule has 0 unspecified atom stereocenters. The van der Waals surface area contributed by atoms with Crippen LogP contribution in [0.5, 0.6) is 5.75 Å². The fourth-order valence-corrected chi connectivity index (χ4v) is 2.18. The maximum Gasteiger partial charge on any atom is 0.121 e. The Balaban J connectivity index is 1.89. The van der Waals surface area contributed by atoms with E-state index in [0.29, 0.717) is 0 Å². The van der Waals surface area contributed by atoms with Gasteiger partial charge in [-0.1, -0.05) is 38.1 Å². The van der Waals surface area contributed by atoms with E-state index in [4.69, 9.17) is 4.74 Å². The quantitative estimate of drug-likeness (QED) is 0.788. The third kappa shape index (κ3) is 5.12. The molecule has 0 atom stereocenters. The standard InChI is InChI=1S/C18H24N2O/c1-3-20(4-2)13-14-21-18-12-8-11-17(15-18)19-16-9-6-5-7-10-16/h5-12,15,19H,3-4,13-14H2,1-2H3. The third-order valence-corrected chi connectivity index (χ3v) is 3.47. The second-order valence-corrected chi connectivity index (χ2v) is 4.89. The van der Waals surface area contributed by atoms with Crippen molar-refractivity contribution >= 4 is 11.4 Å². The highest BCUT2D eigenvalue weighted by molar-refractivity contribution is 5.60. The number of nitrogens with zero attached hydrogens (tertiary/aromatic N) is 1.